The van der Waals surface area contributed by atoms with Gasteiger partial charge in [0.15, 0.2) is 6.29 Å². The number of aliphatic hydroxyl groups excluding tert-OH is 1. The van der Waals surface area contributed by atoms with Crippen LogP contribution in [0, 0.1) is 23.7 Å². The number of aromatic nitrogens is 1. The maximum Gasteiger partial charge on any atom is 0.362 e. The second-order valence-corrected chi connectivity index (χ2v) is 14.4. The number of hydrogen-bond acceptors (Lipinski definition) is 8. The van der Waals surface area contributed by atoms with Gasteiger partial charge in [0.2, 0.25) is 5.91 Å². The van der Waals surface area contributed by atoms with Gasteiger partial charge in [-0.15, -0.1) is 0 Å². The molecule has 254 valence electrons. The first-order valence-electron chi connectivity index (χ1n) is 15.0. The van der Waals surface area contributed by atoms with Gasteiger partial charge in [-0.05, 0) is 91.7 Å². The number of amides is 1. The molecule has 9 nitrogen and oxygen atoms in total. The third-order valence-electron chi connectivity index (χ3n) is 9.08. The summed E-state index contributed by atoms with van der Waals surface area (Å²) >= 11 is 17.8. The normalized spacial score (nSPS) is 18.3. The molecule has 1 saturated heterocycles. The Hall–Kier alpha value is -3.18. The third-order valence-corrected chi connectivity index (χ3v) is 11.4. The number of nitrogens with zero attached hydrogens (tertiary/aromatic N) is 3. The average molecular weight is 740 g/mol. The van der Waals surface area contributed by atoms with Crippen LogP contribution < -0.4 is 10.5 Å². The van der Waals surface area contributed by atoms with Gasteiger partial charge >= 0.3 is 5.38 Å². The van der Waals surface area contributed by atoms with Gasteiger partial charge < -0.3 is 20.1 Å². The lowest BCUT2D eigenvalue weighted by Gasteiger charge is -2.33. The fraction of sp³-hybridized carbons (Fsp3) is 0.394. The molecule has 2 aliphatic heterocycles. The van der Waals surface area contributed by atoms with Gasteiger partial charge in [-0.3, -0.25) is 19.3 Å². The van der Waals surface area contributed by atoms with E-state index in [1.54, 1.807) is 4.90 Å². The standard InChI is InChI=1S/C19H23N3O2.C14H8Cl3F2NO3S/c1-12-16-13(11-21(2)14(16)4-8-20)10-15(17(12)23)22-9-3-5-19(6-7-19)18(22)24;15-8-2-1-6(4-21)11(16)12(8)24-9-3-10(14(17,18)19)20-13(23)7(9)5-22/h10,14,23H,3-7,9,11H2,1-2H3;1-3,5,21H,4H2,(H,20,23). The van der Waals surface area contributed by atoms with Gasteiger partial charge in [-0.25, -0.2) is 0 Å². The predicted octanol–water partition coefficient (Wildman–Crippen LogP) is 7.43. The number of nitriles is 1. The Balaban J connectivity index is 0.000000188. The maximum atomic E-state index is 13.3. The Labute approximate surface area is 294 Å². The number of H-pyrrole nitrogens is 1. The summed E-state index contributed by atoms with van der Waals surface area (Å²) in [5, 5.41) is 25.6. The number of nitrogens with one attached hydrogen (secondary N) is 1. The number of pyridine rings is 1. The zero-order chi connectivity index (χ0) is 35.1. The van der Waals surface area contributed by atoms with Gasteiger partial charge in [0, 0.05) is 34.3 Å². The van der Waals surface area contributed by atoms with E-state index in [4.69, 9.17) is 40.1 Å². The number of fused-ring (bicyclic) bond motifs is 1. The molecule has 1 aromatic heterocycles. The number of aromatic amines is 1. The van der Waals surface area contributed by atoms with Crippen molar-refractivity contribution >= 4 is 64.4 Å². The summed E-state index contributed by atoms with van der Waals surface area (Å²) in [5.41, 5.74) is 1.62. The van der Waals surface area contributed by atoms with Crippen LogP contribution in [-0.2, 0) is 23.3 Å². The van der Waals surface area contributed by atoms with Crippen molar-refractivity contribution in [2.75, 3.05) is 18.5 Å². The Kier molecular flexibility index (Phi) is 10.5. The Morgan fingerprint density at radius 1 is 1.23 bits per heavy atom. The van der Waals surface area contributed by atoms with Crippen molar-refractivity contribution in [2.45, 2.75) is 73.4 Å². The molecule has 1 amide bonds. The van der Waals surface area contributed by atoms with Gasteiger partial charge in [0.1, 0.15) is 11.4 Å². The minimum absolute atomic E-state index is 0.0248. The molecule has 3 N–H and O–H groups in total. The number of carbonyl (C=O) groups excluding carboxylic acids is 2. The molecule has 3 aliphatic rings. The van der Waals surface area contributed by atoms with Crippen molar-refractivity contribution in [3.8, 4) is 11.8 Å². The van der Waals surface area contributed by atoms with Gasteiger partial charge in [-0.1, -0.05) is 41.0 Å². The first-order valence-corrected chi connectivity index (χ1v) is 16.9. The van der Waals surface area contributed by atoms with E-state index in [-0.39, 0.29) is 61.4 Å². The lowest BCUT2D eigenvalue weighted by Crippen LogP contribution is -2.42. The van der Waals surface area contributed by atoms with E-state index >= 15 is 0 Å². The van der Waals surface area contributed by atoms with Crippen LogP contribution in [0.2, 0.25) is 10.0 Å². The van der Waals surface area contributed by atoms with Crippen molar-refractivity contribution in [3.05, 3.63) is 78.2 Å². The highest BCUT2D eigenvalue weighted by molar-refractivity contribution is 7.99. The summed E-state index contributed by atoms with van der Waals surface area (Å²) in [6.07, 6.45) is 4.60. The summed E-state index contributed by atoms with van der Waals surface area (Å²) in [4.78, 5) is 41.7. The van der Waals surface area contributed by atoms with E-state index in [2.05, 4.69) is 11.0 Å². The van der Waals surface area contributed by atoms with Crippen LogP contribution in [0.4, 0.5) is 14.5 Å². The van der Waals surface area contributed by atoms with Crippen molar-refractivity contribution in [1.29, 1.82) is 5.26 Å². The second kappa shape index (κ2) is 14.0. The zero-order valence-electron chi connectivity index (χ0n) is 25.9. The highest BCUT2D eigenvalue weighted by atomic mass is 35.5. The number of piperidine rings is 1. The highest BCUT2D eigenvalue weighted by Crippen LogP contribution is 2.55. The molecular weight excluding hydrogens is 709 g/mol. The fourth-order valence-corrected chi connectivity index (χ4v) is 8.12. The second-order valence-electron chi connectivity index (χ2n) is 12.1. The van der Waals surface area contributed by atoms with Crippen molar-refractivity contribution in [3.63, 3.8) is 0 Å². The zero-order valence-corrected chi connectivity index (χ0v) is 29.0. The first-order chi connectivity index (χ1) is 22.7. The largest absolute Gasteiger partial charge is 0.505 e. The molecule has 3 heterocycles. The molecule has 1 aliphatic carbocycles. The quantitative estimate of drug-likeness (QED) is 0.168. The summed E-state index contributed by atoms with van der Waals surface area (Å²) in [5.74, 6) is 0.390. The number of alkyl halides is 3. The molecule has 2 aromatic carbocycles. The highest BCUT2D eigenvalue weighted by Gasteiger charge is 2.53. The van der Waals surface area contributed by atoms with Crippen LogP contribution in [0.5, 0.6) is 5.75 Å². The van der Waals surface area contributed by atoms with Crippen molar-refractivity contribution < 1.29 is 28.6 Å². The number of rotatable bonds is 7. The van der Waals surface area contributed by atoms with Crippen LogP contribution in [0.15, 0.2) is 38.9 Å². The SMILES string of the molecule is Cc1c(O)c(N2CCCC3(CC3)C2=O)cc2c1C(CC#N)N(C)C2.O=Cc1c(Sc2c(Cl)ccc(CO)c2Cl)cc(C(F)(F)Cl)[nH]c1=O. The molecule has 6 rings (SSSR count). The molecular formula is C33H31Cl3F2N4O5S. The number of phenols is 1. The molecule has 48 heavy (non-hydrogen) atoms. The molecule has 3 aromatic rings. The van der Waals surface area contributed by atoms with E-state index in [9.17, 15) is 33.4 Å². The molecule has 0 radical (unpaired) electrons. The monoisotopic (exact) mass is 738 g/mol. The summed E-state index contributed by atoms with van der Waals surface area (Å²) in [7, 11) is 2.00. The lowest BCUT2D eigenvalue weighted by atomic mass is 9.91. The van der Waals surface area contributed by atoms with Gasteiger partial charge in [0.05, 0.1) is 40.4 Å². The molecule has 1 unspecified atom stereocenters. The maximum absolute atomic E-state index is 13.3. The minimum atomic E-state index is -3.82. The number of halogens is 5. The average Bonchev–Trinajstić information content (AvgIpc) is 3.74. The topological polar surface area (TPSA) is 138 Å². The Morgan fingerprint density at radius 3 is 2.54 bits per heavy atom. The van der Waals surface area contributed by atoms with Crippen LogP contribution in [0.1, 0.15) is 76.5 Å². The van der Waals surface area contributed by atoms with Crippen LogP contribution in [0.25, 0.3) is 0 Å². The number of anilines is 1. The molecule has 15 heteroatoms. The summed E-state index contributed by atoms with van der Waals surface area (Å²) < 4.78 is 26.6. The lowest BCUT2D eigenvalue weighted by molar-refractivity contribution is -0.125. The number of aliphatic hydroxyl groups is 1. The number of carbonyl (C=O) groups is 2. The number of aromatic hydroxyl groups is 1. The van der Waals surface area contributed by atoms with Crippen molar-refractivity contribution in [1.82, 2.24) is 9.88 Å². The minimum Gasteiger partial charge on any atom is -0.505 e. The number of hydrogen-bond donors (Lipinski definition) is 3. The van der Waals surface area contributed by atoms with E-state index in [0.717, 1.165) is 66.7 Å². The summed E-state index contributed by atoms with van der Waals surface area (Å²) in [6, 6.07) is 8.06. The van der Waals surface area contributed by atoms with E-state index in [1.807, 2.05) is 25.0 Å². The molecule has 2 fully saturated rings. The molecule has 1 saturated carbocycles. The number of benzene rings is 2. The van der Waals surface area contributed by atoms with Crippen molar-refractivity contribution in [2.24, 2.45) is 5.41 Å². The van der Waals surface area contributed by atoms with Gasteiger partial charge in [0.25, 0.3) is 5.56 Å². The van der Waals surface area contributed by atoms with Gasteiger partial charge in [-0.2, -0.15) is 14.0 Å². The van der Waals surface area contributed by atoms with Crippen LogP contribution in [0.3, 0.4) is 0 Å². The Bertz CT molecular complexity index is 1890. The molecule has 0 bridgehead atoms. The molecule has 1 spiro atoms. The van der Waals surface area contributed by atoms with E-state index in [0.29, 0.717) is 24.2 Å². The molecule has 1 atom stereocenters. The van der Waals surface area contributed by atoms with E-state index in [1.165, 1.54) is 12.1 Å². The number of phenolic OH excluding ortho intramolecular Hbond substituents is 1. The van der Waals surface area contributed by atoms with Crippen LogP contribution in [-0.4, -0.2) is 45.9 Å². The van der Waals surface area contributed by atoms with Crippen LogP contribution >= 0.6 is 46.6 Å². The smallest absolute Gasteiger partial charge is 0.362 e. The predicted molar refractivity (Wildman–Crippen MR) is 179 cm³/mol. The fourth-order valence-electron chi connectivity index (χ4n) is 6.32. The third kappa shape index (κ3) is 6.82. The first kappa shape index (κ1) is 36.1. The van der Waals surface area contributed by atoms with E-state index < -0.39 is 16.6 Å². The Morgan fingerprint density at radius 2 is 1.94 bits per heavy atom. The number of aldehydes is 1. The summed E-state index contributed by atoms with van der Waals surface area (Å²) in [6.45, 7) is 2.97.